The van der Waals surface area contributed by atoms with Crippen molar-refractivity contribution in [3.63, 3.8) is 0 Å². The van der Waals surface area contributed by atoms with Crippen molar-refractivity contribution in [1.82, 2.24) is 29.8 Å². The zero-order valence-corrected chi connectivity index (χ0v) is 16.4. The van der Waals surface area contributed by atoms with Gasteiger partial charge >= 0.3 is 0 Å². The normalized spacial score (nSPS) is 14.5. The highest BCUT2D eigenvalue weighted by Crippen LogP contribution is 2.25. The number of aliphatic hydroxyl groups excluding tert-OH is 1. The van der Waals surface area contributed by atoms with Crippen molar-refractivity contribution in [3.05, 3.63) is 58.6 Å². The van der Waals surface area contributed by atoms with Crippen molar-refractivity contribution in [2.45, 2.75) is 19.2 Å². The van der Waals surface area contributed by atoms with E-state index in [9.17, 15) is 14.7 Å². The van der Waals surface area contributed by atoms with Crippen LogP contribution in [0.1, 0.15) is 17.7 Å². The number of nitrogens with zero attached hydrogens (tertiary/aromatic N) is 7. The number of anilines is 1. The summed E-state index contributed by atoms with van der Waals surface area (Å²) in [6.07, 6.45) is 0.328. The molecular weight excluding hydrogens is 406 g/mol. The van der Waals surface area contributed by atoms with Gasteiger partial charge in [-0.15, -0.1) is 10.2 Å². The molecule has 3 aromatic heterocycles. The largest absolute Gasteiger partial charge is 0.466 e. The predicted molar refractivity (Wildman–Crippen MR) is 105 cm³/mol. The molecule has 0 fully saturated rings. The number of aromatic nitrogens is 6. The number of tetrazole rings is 1. The second-order valence-corrected chi connectivity index (χ2v) is 7.04. The van der Waals surface area contributed by atoms with Crippen LogP contribution >= 0.6 is 0 Å². The maximum Gasteiger partial charge on any atom is 0.281 e. The van der Waals surface area contributed by atoms with Gasteiger partial charge in [-0.1, -0.05) is 18.2 Å². The van der Waals surface area contributed by atoms with Crippen LogP contribution < -0.4 is 15.2 Å². The third kappa shape index (κ3) is 3.42. The molecule has 4 heterocycles. The molecule has 12 nitrogen and oxygen atoms in total. The molecule has 0 radical (unpaired) electrons. The van der Waals surface area contributed by atoms with Gasteiger partial charge in [-0.25, -0.2) is 4.98 Å². The predicted octanol–water partition coefficient (Wildman–Crippen LogP) is 0.113. The molecular formula is C19H17N7O5. The molecule has 1 amide bonds. The number of furan rings is 1. The lowest BCUT2D eigenvalue weighted by Crippen LogP contribution is -2.41. The highest BCUT2D eigenvalue weighted by molar-refractivity contribution is 5.96. The number of carbonyl (C=O) groups excluding carboxylic acids is 1. The molecule has 1 N–H and O–H groups in total. The van der Waals surface area contributed by atoms with E-state index in [-0.39, 0.29) is 43.0 Å². The highest BCUT2D eigenvalue weighted by Gasteiger charge is 2.27. The number of likely N-dealkylation sites (N-methyl/N-ethyl adjacent to an activating group) is 1. The topological polar surface area (TPSA) is 141 Å². The summed E-state index contributed by atoms with van der Waals surface area (Å²) in [5.74, 6) is 0.399. The Hall–Kier alpha value is -4.06. The van der Waals surface area contributed by atoms with E-state index in [1.165, 1.54) is 27.6 Å². The Morgan fingerprint density at radius 2 is 2.10 bits per heavy atom. The lowest BCUT2D eigenvalue weighted by molar-refractivity contribution is -0.121. The Kier molecular flexibility index (Phi) is 4.47. The number of hydrogen-bond donors (Lipinski definition) is 1. The molecule has 1 aromatic carbocycles. The minimum absolute atomic E-state index is 0.0120. The van der Waals surface area contributed by atoms with Gasteiger partial charge in [0.1, 0.15) is 23.8 Å². The van der Waals surface area contributed by atoms with Crippen LogP contribution in [0, 0.1) is 0 Å². The molecule has 4 aromatic rings. The van der Waals surface area contributed by atoms with Crippen LogP contribution in [0.3, 0.4) is 0 Å². The van der Waals surface area contributed by atoms with Crippen molar-refractivity contribution >= 4 is 22.6 Å². The van der Waals surface area contributed by atoms with E-state index < -0.39 is 11.7 Å². The third-order valence-corrected chi connectivity index (χ3v) is 4.94. The number of rotatable bonds is 5. The van der Waals surface area contributed by atoms with E-state index in [1.54, 1.807) is 6.07 Å². The number of benzene rings is 1. The average molecular weight is 423 g/mol. The Bertz CT molecular complexity index is 1310. The van der Waals surface area contributed by atoms with Crippen LogP contribution in [0.2, 0.25) is 0 Å². The molecule has 0 aliphatic carbocycles. The number of ether oxygens (including phenoxy) is 1. The van der Waals surface area contributed by atoms with Crippen LogP contribution in [-0.2, 0) is 17.9 Å². The summed E-state index contributed by atoms with van der Waals surface area (Å²) in [7, 11) is 1.49. The SMILES string of the molecule is CN1C(=O)COc2ncn(Cc3nnn(C[C@H](O)c4cc5ccccc5o4)n3)c(=O)c21. The maximum atomic E-state index is 12.7. The fourth-order valence-electron chi connectivity index (χ4n) is 3.30. The lowest BCUT2D eigenvalue weighted by atomic mass is 10.2. The minimum Gasteiger partial charge on any atom is -0.466 e. The number of para-hydroxylation sites is 1. The fourth-order valence-corrected chi connectivity index (χ4v) is 3.30. The summed E-state index contributed by atoms with van der Waals surface area (Å²) in [4.78, 5) is 31.1. The van der Waals surface area contributed by atoms with Gasteiger partial charge in [0.15, 0.2) is 18.1 Å². The molecule has 0 unspecified atom stereocenters. The van der Waals surface area contributed by atoms with Gasteiger partial charge in [0.05, 0.1) is 13.1 Å². The van der Waals surface area contributed by atoms with Gasteiger partial charge in [0.25, 0.3) is 11.5 Å². The molecule has 0 spiro atoms. The van der Waals surface area contributed by atoms with E-state index in [0.717, 1.165) is 5.39 Å². The maximum absolute atomic E-state index is 12.7. The summed E-state index contributed by atoms with van der Waals surface area (Å²) < 4.78 is 12.1. The van der Waals surface area contributed by atoms with Crippen LogP contribution in [0.5, 0.6) is 5.88 Å². The number of carbonyl (C=O) groups is 1. The molecule has 1 aliphatic heterocycles. The van der Waals surface area contributed by atoms with Gasteiger partial charge in [-0.3, -0.25) is 14.2 Å². The first-order chi connectivity index (χ1) is 15.0. The number of aliphatic hydroxyl groups is 1. The molecule has 158 valence electrons. The Morgan fingerprint density at radius 1 is 1.26 bits per heavy atom. The summed E-state index contributed by atoms with van der Waals surface area (Å²) in [6, 6.07) is 9.20. The second-order valence-electron chi connectivity index (χ2n) is 7.04. The zero-order valence-electron chi connectivity index (χ0n) is 16.4. The van der Waals surface area contributed by atoms with Gasteiger partial charge in [-0.2, -0.15) is 4.80 Å². The van der Waals surface area contributed by atoms with E-state index in [1.807, 2.05) is 24.3 Å². The van der Waals surface area contributed by atoms with Crippen molar-refractivity contribution in [3.8, 4) is 5.88 Å². The summed E-state index contributed by atoms with van der Waals surface area (Å²) in [5.41, 5.74) is 0.279. The molecule has 1 atom stereocenters. The molecule has 0 bridgehead atoms. The minimum atomic E-state index is -0.973. The third-order valence-electron chi connectivity index (χ3n) is 4.94. The fraction of sp³-hybridized carbons (Fsp3) is 0.263. The molecule has 0 saturated carbocycles. The molecule has 0 saturated heterocycles. The quantitative estimate of drug-likeness (QED) is 0.473. The Balaban J connectivity index is 1.33. The molecule has 12 heteroatoms. The second kappa shape index (κ2) is 7.32. The molecule has 5 rings (SSSR count). The van der Waals surface area contributed by atoms with E-state index in [4.69, 9.17) is 9.15 Å². The smallest absolute Gasteiger partial charge is 0.281 e. The van der Waals surface area contributed by atoms with Crippen LogP contribution in [0.25, 0.3) is 11.0 Å². The van der Waals surface area contributed by atoms with Gasteiger partial charge in [0, 0.05) is 12.4 Å². The molecule has 31 heavy (non-hydrogen) atoms. The summed E-state index contributed by atoms with van der Waals surface area (Å²) in [6.45, 7) is -0.152. The zero-order chi connectivity index (χ0) is 21.5. The summed E-state index contributed by atoms with van der Waals surface area (Å²) in [5, 5.41) is 23.4. The summed E-state index contributed by atoms with van der Waals surface area (Å²) >= 11 is 0. The van der Waals surface area contributed by atoms with Crippen molar-refractivity contribution < 1.29 is 19.1 Å². The van der Waals surface area contributed by atoms with Gasteiger partial charge in [-0.05, 0) is 17.3 Å². The van der Waals surface area contributed by atoms with Crippen molar-refractivity contribution in [2.75, 3.05) is 18.6 Å². The lowest BCUT2D eigenvalue weighted by Gasteiger charge is -2.24. The van der Waals surface area contributed by atoms with Crippen LogP contribution in [0.15, 0.2) is 45.9 Å². The van der Waals surface area contributed by atoms with E-state index in [2.05, 4.69) is 20.4 Å². The standard InChI is InChI=1S/C19H17N7O5/c1-24-16(28)9-30-18-17(24)19(29)25(10-20-18)8-15-21-23-26(22-15)7-12(27)14-6-11-4-2-3-5-13(11)31-14/h2-6,10,12,27H,7-9H2,1H3/t12-/m0/s1. The van der Waals surface area contributed by atoms with Gasteiger partial charge in [0.2, 0.25) is 5.88 Å². The first-order valence-electron chi connectivity index (χ1n) is 9.41. The van der Waals surface area contributed by atoms with Gasteiger partial charge < -0.3 is 19.2 Å². The number of fused-ring (bicyclic) bond motifs is 2. The number of hydrogen-bond acceptors (Lipinski definition) is 9. The monoisotopic (exact) mass is 423 g/mol. The van der Waals surface area contributed by atoms with E-state index in [0.29, 0.717) is 11.3 Å². The van der Waals surface area contributed by atoms with Crippen molar-refractivity contribution in [2.24, 2.45) is 0 Å². The van der Waals surface area contributed by atoms with Crippen LogP contribution in [-0.4, -0.2) is 54.4 Å². The average Bonchev–Trinajstić information content (AvgIpc) is 3.39. The molecule has 1 aliphatic rings. The Morgan fingerprint density at radius 3 is 2.94 bits per heavy atom. The Labute approximate surface area is 174 Å². The van der Waals surface area contributed by atoms with E-state index >= 15 is 0 Å². The highest BCUT2D eigenvalue weighted by atomic mass is 16.5. The first kappa shape index (κ1) is 18.9. The van der Waals surface area contributed by atoms with Crippen molar-refractivity contribution in [1.29, 1.82) is 0 Å². The number of amides is 1. The first-order valence-corrected chi connectivity index (χ1v) is 9.41. The van der Waals surface area contributed by atoms with Crippen LogP contribution in [0.4, 0.5) is 5.69 Å².